The second kappa shape index (κ2) is 12.5. The number of hydrogen-bond donors (Lipinski definition) is 2. The number of hydrogen-bond acceptors (Lipinski definition) is 5. The Morgan fingerprint density at radius 2 is 1.86 bits per heavy atom. The molecule has 2 aromatic carbocycles. The molecular formula is C36H46N4O4. The molecule has 2 saturated heterocycles. The normalized spacial score (nSPS) is 32.2. The number of aryl methyl sites for hydroxylation is 1. The Kier molecular flexibility index (Phi) is 8.66. The van der Waals surface area contributed by atoms with Crippen LogP contribution in [0.25, 0.3) is 0 Å². The predicted octanol–water partition coefficient (Wildman–Crippen LogP) is 4.55. The van der Waals surface area contributed by atoms with Gasteiger partial charge in [-0.3, -0.25) is 14.4 Å². The van der Waals surface area contributed by atoms with E-state index in [-0.39, 0.29) is 23.8 Å². The van der Waals surface area contributed by atoms with Crippen LogP contribution >= 0.6 is 0 Å². The van der Waals surface area contributed by atoms with Crippen LogP contribution in [-0.4, -0.2) is 71.4 Å². The molecule has 1 spiro atoms. The van der Waals surface area contributed by atoms with Crippen LogP contribution in [0.15, 0.2) is 66.7 Å². The van der Waals surface area contributed by atoms with E-state index in [4.69, 9.17) is 4.74 Å². The van der Waals surface area contributed by atoms with Crippen molar-refractivity contribution in [2.75, 3.05) is 25.5 Å². The van der Waals surface area contributed by atoms with Gasteiger partial charge in [-0.25, -0.2) is 0 Å². The van der Waals surface area contributed by atoms with Crippen molar-refractivity contribution in [2.24, 2.45) is 23.7 Å². The van der Waals surface area contributed by atoms with Gasteiger partial charge in [0.2, 0.25) is 17.7 Å². The molecule has 8 nitrogen and oxygen atoms in total. The second-order valence-corrected chi connectivity index (χ2v) is 13.6. The van der Waals surface area contributed by atoms with E-state index < -0.39 is 29.6 Å². The van der Waals surface area contributed by atoms with Crippen LogP contribution in [0.3, 0.4) is 0 Å². The van der Waals surface area contributed by atoms with E-state index in [1.165, 1.54) is 5.56 Å². The first-order valence-electron chi connectivity index (χ1n) is 16.3. The van der Waals surface area contributed by atoms with Crippen LogP contribution < -0.4 is 10.6 Å². The van der Waals surface area contributed by atoms with Crippen LogP contribution in [-0.2, 0) is 25.7 Å². The number of rotatable bonds is 10. The van der Waals surface area contributed by atoms with Gasteiger partial charge in [0, 0.05) is 24.8 Å². The predicted molar refractivity (Wildman–Crippen MR) is 171 cm³/mol. The van der Waals surface area contributed by atoms with Gasteiger partial charge in [-0.15, -0.1) is 0 Å². The lowest BCUT2D eigenvalue weighted by Crippen LogP contribution is -2.58. The van der Waals surface area contributed by atoms with E-state index in [1.54, 1.807) is 4.90 Å². The number of benzene rings is 2. The number of carbonyl (C=O) groups is 3. The molecule has 3 amide bonds. The summed E-state index contributed by atoms with van der Waals surface area (Å²) in [6.45, 7) is 8.41. The molecule has 3 aliphatic heterocycles. The minimum Gasteiger partial charge on any atom is -0.359 e. The van der Waals surface area contributed by atoms with Crippen LogP contribution in [0.2, 0.25) is 0 Å². The van der Waals surface area contributed by atoms with Gasteiger partial charge >= 0.3 is 0 Å². The highest BCUT2D eigenvalue weighted by molar-refractivity contribution is 6.02. The number of anilines is 1. The lowest BCUT2D eigenvalue weighted by atomic mass is 9.73. The minimum atomic E-state index is -1.15. The zero-order valence-corrected chi connectivity index (χ0v) is 26.4. The van der Waals surface area contributed by atoms with E-state index in [0.717, 1.165) is 37.9 Å². The number of carbonyl (C=O) groups excluding carboxylic acids is 3. The summed E-state index contributed by atoms with van der Waals surface area (Å²) in [5.74, 6) is -1.17. The number of fused-ring (bicyclic) bond motifs is 1. The summed E-state index contributed by atoms with van der Waals surface area (Å²) in [6.07, 6.45) is 7.10. The van der Waals surface area contributed by atoms with Crippen molar-refractivity contribution >= 4 is 23.4 Å². The summed E-state index contributed by atoms with van der Waals surface area (Å²) >= 11 is 0. The molecule has 8 atom stereocenters. The van der Waals surface area contributed by atoms with E-state index in [2.05, 4.69) is 48.6 Å². The Bertz CT molecular complexity index is 1410. The molecule has 1 saturated carbocycles. The van der Waals surface area contributed by atoms with Crippen LogP contribution in [0.5, 0.6) is 0 Å². The first-order valence-corrected chi connectivity index (χ1v) is 16.3. The van der Waals surface area contributed by atoms with Gasteiger partial charge < -0.3 is 25.2 Å². The Labute approximate surface area is 261 Å². The van der Waals surface area contributed by atoms with Crippen molar-refractivity contribution in [3.63, 3.8) is 0 Å². The molecule has 2 aromatic rings. The molecule has 6 rings (SSSR count). The zero-order chi connectivity index (χ0) is 31.0. The fourth-order valence-corrected chi connectivity index (χ4v) is 7.99. The molecule has 3 fully saturated rings. The Hall–Kier alpha value is -3.49. The highest BCUT2D eigenvalue weighted by Gasteiger charge is 2.72. The molecule has 44 heavy (non-hydrogen) atoms. The number of nitrogens with one attached hydrogen (secondary N) is 2. The molecule has 2 bridgehead atoms. The van der Waals surface area contributed by atoms with Gasteiger partial charge in [-0.1, -0.05) is 81.3 Å². The molecule has 0 radical (unpaired) electrons. The topological polar surface area (TPSA) is 91.0 Å². The molecule has 1 aliphatic carbocycles. The maximum Gasteiger partial charge on any atom is 0.246 e. The van der Waals surface area contributed by atoms with Crippen LogP contribution in [0.4, 0.5) is 5.69 Å². The van der Waals surface area contributed by atoms with Gasteiger partial charge in [0.15, 0.2) is 0 Å². The quantitative estimate of drug-likeness (QED) is 0.392. The molecule has 2 N–H and O–H groups in total. The van der Waals surface area contributed by atoms with E-state index >= 15 is 0 Å². The first-order chi connectivity index (χ1) is 21.2. The third-order valence-corrected chi connectivity index (χ3v) is 10.5. The van der Waals surface area contributed by atoms with Crippen molar-refractivity contribution in [1.82, 2.24) is 15.1 Å². The summed E-state index contributed by atoms with van der Waals surface area (Å²) in [5.41, 5.74) is 1.80. The smallest absolute Gasteiger partial charge is 0.246 e. The maximum atomic E-state index is 14.3. The molecule has 0 aromatic heterocycles. The number of amides is 3. The minimum absolute atomic E-state index is 0.0543. The summed E-state index contributed by atoms with van der Waals surface area (Å²) in [4.78, 5) is 46.3. The molecule has 0 unspecified atom stereocenters. The van der Waals surface area contributed by atoms with Crippen molar-refractivity contribution in [3.8, 4) is 0 Å². The van der Waals surface area contributed by atoms with E-state index in [1.807, 2.05) is 61.5 Å². The molecule has 4 aliphatic rings. The first kappa shape index (κ1) is 30.5. The fourth-order valence-electron chi connectivity index (χ4n) is 7.99. The standard InChI is InChI=1S/C36H46N4O4/c1-23-11-8-15-27(21-23)37-33(41)30-29-17-18-36(44-29)31(30)35(43)40(20-10-19-39(4)22-26-13-6-5-7-14-26)32(36)34(42)38-28-16-9-12-24(2)25(28)3/h5-8,11,13-15,17-18,21,24-25,28-32H,9-10,12,16,19-20,22H2,1-4H3,(H,37,41)(H,38,42)/t24-,25-,28+,29+,30-,31+,32+,36+/m0/s1. The number of nitrogens with zero attached hydrogens (tertiary/aromatic N) is 2. The Balaban J connectivity index is 1.23. The third kappa shape index (κ3) is 5.70. The van der Waals surface area contributed by atoms with Crippen LogP contribution in [0, 0.1) is 30.6 Å². The summed E-state index contributed by atoms with van der Waals surface area (Å²) < 4.78 is 6.55. The number of ether oxygens (including phenoxy) is 1. The van der Waals surface area contributed by atoms with Gasteiger partial charge in [0.05, 0.1) is 17.9 Å². The third-order valence-electron chi connectivity index (χ3n) is 10.5. The van der Waals surface area contributed by atoms with Crippen molar-refractivity contribution in [2.45, 2.75) is 76.8 Å². The molecule has 3 heterocycles. The average molecular weight is 599 g/mol. The summed E-state index contributed by atoms with van der Waals surface area (Å²) in [7, 11) is 2.07. The van der Waals surface area contributed by atoms with E-state index in [0.29, 0.717) is 30.5 Å². The molecular weight excluding hydrogens is 552 g/mol. The van der Waals surface area contributed by atoms with Gasteiger partial charge in [-0.05, 0) is 68.5 Å². The largest absolute Gasteiger partial charge is 0.359 e. The van der Waals surface area contributed by atoms with Gasteiger partial charge in [0.1, 0.15) is 11.6 Å². The average Bonchev–Trinajstić information content (AvgIpc) is 3.63. The second-order valence-electron chi connectivity index (χ2n) is 13.6. The summed E-state index contributed by atoms with van der Waals surface area (Å²) in [6, 6.07) is 17.2. The Morgan fingerprint density at radius 1 is 1.07 bits per heavy atom. The monoisotopic (exact) mass is 598 g/mol. The maximum absolute atomic E-state index is 14.3. The fraction of sp³-hybridized carbons (Fsp3) is 0.528. The van der Waals surface area contributed by atoms with Gasteiger partial charge in [-0.2, -0.15) is 0 Å². The van der Waals surface area contributed by atoms with Crippen molar-refractivity contribution < 1.29 is 19.1 Å². The number of likely N-dealkylation sites (tertiary alicyclic amines) is 1. The highest BCUT2D eigenvalue weighted by atomic mass is 16.5. The molecule has 8 heteroatoms. The van der Waals surface area contributed by atoms with Crippen molar-refractivity contribution in [3.05, 3.63) is 77.9 Å². The summed E-state index contributed by atoms with van der Waals surface area (Å²) in [5, 5.41) is 6.37. The molecule has 234 valence electrons. The van der Waals surface area contributed by atoms with Gasteiger partial charge in [0.25, 0.3) is 0 Å². The lowest BCUT2D eigenvalue weighted by Gasteiger charge is -2.38. The SMILES string of the molecule is Cc1cccc(NC(=O)[C@H]2[C@H]3C=C[C@@]4(O3)[C@H]2C(=O)N(CCCN(C)Cc2ccccc2)[C@@H]4C(=O)N[C@@H]2CCC[C@H](C)[C@@H]2C)c1. The van der Waals surface area contributed by atoms with Crippen LogP contribution in [0.1, 0.15) is 50.7 Å². The highest BCUT2D eigenvalue weighted by Crippen LogP contribution is 2.55. The zero-order valence-electron chi connectivity index (χ0n) is 26.4. The lowest BCUT2D eigenvalue weighted by molar-refractivity contribution is -0.141. The van der Waals surface area contributed by atoms with Crippen molar-refractivity contribution in [1.29, 1.82) is 0 Å². The van der Waals surface area contributed by atoms with E-state index in [9.17, 15) is 14.4 Å². The Morgan fingerprint density at radius 3 is 2.64 bits per heavy atom.